The summed E-state index contributed by atoms with van der Waals surface area (Å²) in [7, 11) is -2.98. The molecule has 0 radical (unpaired) electrons. The number of hydrogen-bond donors (Lipinski definition) is 3. The Labute approximate surface area is 224 Å². The van der Waals surface area contributed by atoms with Crippen LogP contribution in [-0.4, -0.2) is 48.6 Å². The molecule has 4 N–H and O–H groups in total. The van der Waals surface area contributed by atoms with E-state index in [1.807, 2.05) is 19.2 Å². The second-order valence-corrected chi connectivity index (χ2v) is 12.1. The molecule has 0 aliphatic heterocycles. The zero-order valence-corrected chi connectivity index (χ0v) is 24.1. The summed E-state index contributed by atoms with van der Waals surface area (Å²) < 4.78 is 23.7. The lowest BCUT2D eigenvalue weighted by molar-refractivity contribution is 0.396. The van der Waals surface area contributed by atoms with E-state index in [2.05, 4.69) is 73.3 Å². The lowest BCUT2D eigenvalue weighted by Gasteiger charge is -2.18. The van der Waals surface area contributed by atoms with Crippen molar-refractivity contribution in [2.45, 2.75) is 59.8 Å². The maximum Gasteiger partial charge on any atom is 0.211 e. The quantitative estimate of drug-likeness (QED) is 0.398. The van der Waals surface area contributed by atoms with Gasteiger partial charge >= 0.3 is 0 Å². The van der Waals surface area contributed by atoms with Gasteiger partial charge in [0.2, 0.25) is 10.0 Å². The number of H-pyrrole nitrogens is 1. The highest BCUT2D eigenvalue weighted by Gasteiger charge is 2.19. The molecule has 3 rings (SSSR count). The normalized spacial score (nSPS) is 16.9. The summed E-state index contributed by atoms with van der Waals surface area (Å²) >= 11 is 0. The van der Waals surface area contributed by atoms with E-state index in [-0.39, 0.29) is 0 Å². The molecule has 1 aromatic heterocycles. The standard InChI is InChI=1S/C21H26N4.C8H19NO2S/c1-15-5-6-19-16(2)11-17(4-3-8-22)12-21(20(19)10-15)24-9-7-18-13-23-14-25-18;1-5-9(12(4,10)11)7-6-8(2)3/h3-6,8,10,12-14,16,24H,7,9,11,22H2,1-2H3,(H,23,25);8H,5-7H2,1-4H3/b8-3-,17-4+;. The van der Waals surface area contributed by atoms with Crippen LogP contribution in [0.4, 0.5) is 0 Å². The van der Waals surface area contributed by atoms with E-state index in [4.69, 9.17) is 5.73 Å². The number of allylic oxidation sites excluding steroid dienone is 4. The zero-order valence-electron chi connectivity index (χ0n) is 23.3. The fraction of sp³-hybridized carbons (Fsp3) is 0.483. The van der Waals surface area contributed by atoms with E-state index >= 15 is 0 Å². The molecular weight excluding hydrogens is 482 g/mol. The number of rotatable bonds is 10. The summed E-state index contributed by atoms with van der Waals surface area (Å²) in [6.07, 6.45) is 15.6. The van der Waals surface area contributed by atoms with Crippen molar-refractivity contribution < 1.29 is 8.42 Å². The van der Waals surface area contributed by atoms with Crippen molar-refractivity contribution in [3.8, 4) is 0 Å². The molecule has 37 heavy (non-hydrogen) atoms. The molecule has 2 aromatic rings. The molecule has 1 aromatic carbocycles. The molecule has 7 nitrogen and oxygen atoms in total. The number of nitrogens with zero attached hydrogens (tertiary/aromatic N) is 2. The molecule has 0 saturated heterocycles. The molecular formula is C29H45N5O2S. The van der Waals surface area contributed by atoms with Crippen molar-refractivity contribution in [1.29, 1.82) is 0 Å². The molecule has 0 saturated carbocycles. The van der Waals surface area contributed by atoms with Crippen molar-refractivity contribution in [3.05, 3.63) is 83.1 Å². The number of sulfonamides is 1. The van der Waals surface area contributed by atoms with E-state index in [1.54, 1.807) is 12.5 Å². The molecule has 1 aliphatic rings. The average molecular weight is 528 g/mol. The molecule has 1 unspecified atom stereocenters. The van der Waals surface area contributed by atoms with Gasteiger partial charge in [0.1, 0.15) is 0 Å². The Morgan fingerprint density at radius 3 is 2.68 bits per heavy atom. The highest BCUT2D eigenvalue weighted by Crippen LogP contribution is 2.35. The SMILES string of the molecule is CCN(CCC(C)C)S(C)(=O)=O.Cc1ccc2c(c1)C(NCCc1cnc[nH]1)=C/C(=C/C=C\N)CC2C. The van der Waals surface area contributed by atoms with Gasteiger partial charge in [0.05, 0.1) is 12.6 Å². The first kappa shape index (κ1) is 30.4. The summed E-state index contributed by atoms with van der Waals surface area (Å²) in [5.74, 6) is 1.02. The number of aromatic nitrogens is 2. The Balaban J connectivity index is 0.000000341. The predicted octanol–water partition coefficient (Wildman–Crippen LogP) is 5.11. The third-order valence-electron chi connectivity index (χ3n) is 6.37. The highest BCUT2D eigenvalue weighted by atomic mass is 32.2. The summed E-state index contributed by atoms with van der Waals surface area (Å²) in [6, 6.07) is 6.75. The summed E-state index contributed by atoms with van der Waals surface area (Å²) in [5, 5.41) is 3.63. The van der Waals surface area contributed by atoms with Crippen LogP contribution in [0.1, 0.15) is 68.8 Å². The molecule has 1 atom stereocenters. The monoisotopic (exact) mass is 527 g/mol. The van der Waals surface area contributed by atoms with Gasteiger partial charge in [-0.3, -0.25) is 0 Å². The van der Waals surface area contributed by atoms with Gasteiger partial charge in [0.15, 0.2) is 0 Å². The van der Waals surface area contributed by atoms with Crippen LogP contribution in [0.15, 0.2) is 60.7 Å². The van der Waals surface area contributed by atoms with Crippen LogP contribution in [0.3, 0.4) is 0 Å². The van der Waals surface area contributed by atoms with E-state index in [1.165, 1.54) is 38.5 Å². The van der Waals surface area contributed by atoms with Gasteiger partial charge in [0, 0.05) is 49.2 Å². The first-order valence-electron chi connectivity index (χ1n) is 13.1. The Hall–Kier alpha value is -2.84. The molecule has 0 bridgehead atoms. The Kier molecular flexibility index (Phi) is 12.1. The van der Waals surface area contributed by atoms with Gasteiger partial charge in [-0.1, -0.05) is 51.5 Å². The maximum atomic E-state index is 11.1. The van der Waals surface area contributed by atoms with Crippen molar-refractivity contribution >= 4 is 15.7 Å². The van der Waals surface area contributed by atoms with Crippen molar-refractivity contribution in [3.63, 3.8) is 0 Å². The second kappa shape index (κ2) is 14.8. The van der Waals surface area contributed by atoms with E-state index < -0.39 is 10.0 Å². The highest BCUT2D eigenvalue weighted by molar-refractivity contribution is 7.88. The first-order chi connectivity index (χ1) is 17.5. The summed E-state index contributed by atoms with van der Waals surface area (Å²) in [6.45, 7) is 12.6. The minimum absolute atomic E-state index is 0.469. The molecule has 0 amide bonds. The summed E-state index contributed by atoms with van der Waals surface area (Å²) in [5.41, 5.74) is 13.1. The fourth-order valence-electron chi connectivity index (χ4n) is 4.27. The molecule has 8 heteroatoms. The first-order valence-corrected chi connectivity index (χ1v) is 15.0. The smallest absolute Gasteiger partial charge is 0.211 e. The molecule has 1 aliphatic carbocycles. The van der Waals surface area contributed by atoms with Crippen LogP contribution < -0.4 is 11.1 Å². The number of nitrogens with two attached hydrogens (primary N) is 1. The number of imidazole rings is 1. The topological polar surface area (TPSA) is 104 Å². The van der Waals surface area contributed by atoms with Crippen LogP contribution in [-0.2, 0) is 16.4 Å². The van der Waals surface area contributed by atoms with Gasteiger partial charge in [-0.2, -0.15) is 0 Å². The van der Waals surface area contributed by atoms with E-state index in [9.17, 15) is 8.42 Å². The average Bonchev–Trinajstić information content (AvgIpc) is 3.30. The van der Waals surface area contributed by atoms with Crippen LogP contribution in [0.2, 0.25) is 0 Å². The number of aryl methyl sites for hydroxylation is 1. The molecule has 0 fully saturated rings. The van der Waals surface area contributed by atoms with Gasteiger partial charge in [-0.25, -0.2) is 17.7 Å². The summed E-state index contributed by atoms with van der Waals surface area (Å²) in [4.78, 5) is 7.23. The largest absolute Gasteiger partial charge is 0.405 e. The molecule has 0 spiro atoms. The number of nitrogens with one attached hydrogen (secondary N) is 2. The third-order valence-corrected chi connectivity index (χ3v) is 7.74. The Bertz CT molecular complexity index is 1160. The van der Waals surface area contributed by atoms with E-state index in [0.717, 1.165) is 31.5 Å². The minimum Gasteiger partial charge on any atom is -0.405 e. The third kappa shape index (κ3) is 10.2. The Morgan fingerprint density at radius 2 is 2.08 bits per heavy atom. The van der Waals surface area contributed by atoms with Crippen LogP contribution >= 0.6 is 0 Å². The molecule has 1 heterocycles. The van der Waals surface area contributed by atoms with Crippen molar-refractivity contribution in [2.24, 2.45) is 11.7 Å². The van der Waals surface area contributed by atoms with Crippen molar-refractivity contribution in [1.82, 2.24) is 19.6 Å². The number of benzene rings is 1. The molecule has 204 valence electrons. The van der Waals surface area contributed by atoms with Crippen molar-refractivity contribution in [2.75, 3.05) is 25.9 Å². The van der Waals surface area contributed by atoms with Gasteiger partial charge in [-0.05, 0) is 67.2 Å². The minimum atomic E-state index is -2.98. The lowest BCUT2D eigenvalue weighted by Crippen LogP contribution is -2.31. The number of hydrogen-bond acceptors (Lipinski definition) is 5. The Morgan fingerprint density at radius 1 is 1.32 bits per heavy atom. The maximum absolute atomic E-state index is 11.1. The van der Waals surface area contributed by atoms with Gasteiger partial charge in [0.25, 0.3) is 0 Å². The fourth-order valence-corrected chi connectivity index (χ4v) is 5.18. The van der Waals surface area contributed by atoms with Crippen LogP contribution in [0.5, 0.6) is 0 Å². The van der Waals surface area contributed by atoms with Gasteiger partial charge < -0.3 is 16.0 Å². The lowest BCUT2D eigenvalue weighted by atomic mass is 9.91. The zero-order chi connectivity index (χ0) is 27.4. The number of fused-ring (bicyclic) bond motifs is 1. The van der Waals surface area contributed by atoms with Crippen LogP contribution in [0, 0.1) is 12.8 Å². The predicted molar refractivity (Wildman–Crippen MR) is 155 cm³/mol. The van der Waals surface area contributed by atoms with Crippen LogP contribution in [0.25, 0.3) is 5.70 Å². The van der Waals surface area contributed by atoms with Gasteiger partial charge in [-0.15, -0.1) is 0 Å². The second-order valence-electron chi connectivity index (χ2n) is 10.1. The number of aromatic amines is 1. The van der Waals surface area contributed by atoms with E-state index in [0.29, 0.717) is 24.9 Å².